The molecule has 10 heteroatoms. The van der Waals surface area contributed by atoms with Crippen molar-refractivity contribution in [3.05, 3.63) is 29.8 Å². The van der Waals surface area contributed by atoms with Gasteiger partial charge in [-0.2, -0.15) is 0 Å². The highest BCUT2D eigenvalue weighted by atomic mass is 32.2. The Morgan fingerprint density at radius 1 is 1.16 bits per heavy atom. The Hall–Kier alpha value is -2.59. The highest BCUT2D eigenvalue weighted by Gasteiger charge is 2.21. The van der Waals surface area contributed by atoms with Gasteiger partial charge in [-0.15, -0.1) is 10.2 Å². The van der Waals surface area contributed by atoms with Crippen LogP contribution < -0.4 is 15.5 Å². The Labute approximate surface area is 185 Å². The van der Waals surface area contributed by atoms with Crippen LogP contribution in [0.4, 0.5) is 11.6 Å². The van der Waals surface area contributed by atoms with E-state index in [2.05, 4.69) is 25.7 Å². The first kappa shape index (κ1) is 21.6. The molecule has 31 heavy (non-hydrogen) atoms. The number of nitrogens with zero attached hydrogens (tertiary/aromatic N) is 4. The van der Waals surface area contributed by atoms with Gasteiger partial charge >= 0.3 is 0 Å². The lowest BCUT2D eigenvalue weighted by molar-refractivity contribution is -0.113. The number of carbonyl (C=O) groups is 2. The van der Waals surface area contributed by atoms with Crippen LogP contribution in [0.1, 0.15) is 36.0 Å². The number of benzene rings is 1. The third kappa shape index (κ3) is 5.37. The Kier molecular flexibility index (Phi) is 7.08. The molecule has 0 bridgehead atoms. The van der Waals surface area contributed by atoms with Crippen LogP contribution in [0.2, 0.25) is 0 Å². The maximum atomic E-state index is 12.7. The third-order valence-electron chi connectivity index (χ3n) is 5.57. The van der Waals surface area contributed by atoms with E-state index in [1.165, 1.54) is 11.8 Å². The molecular weight excluding hydrogens is 416 g/mol. The van der Waals surface area contributed by atoms with E-state index in [-0.39, 0.29) is 23.6 Å². The minimum absolute atomic E-state index is 0.140. The summed E-state index contributed by atoms with van der Waals surface area (Å²) in [6.45, 7) is 2.89. The molecule has 2 heterocycles. The molecule has 0 unspecified atom stereocenters. The topological polar surface area (TPSA) is 101 Å². The second-order valence-corrected chi connectivity index (χ2v) is 8.72. The highest BCUT2D eigenvalue weighted by molar-refractivity contribution is 7.99. The van der Waals surface area contributed by atoms with E-state index in [0.29, 0.717) is 29.6 Å². The number of anilines is 2. The van der Waals surface area contributed by atoms with Crippen LogP contribution in [0.25, 0.3) is 0 Å². The van der Waals surface area contributed by atoms with Gasteiger partial charge in [0.2, 0.25) is 11.9 Å². The highest BCUT2D eigenvalue weighted by Crippen LogP contribution is 2.23. The molecule has 2 fully saturated rings. The molecule has 1 aromatic heterocycles. The molecule has 1 aliphatic carbocycles. The Balaban J connectivity index is 1.34. The van der Waals surface area contributed by atoms with E-state index >= 15 is 0 Å². The smallest absolute Gasteiger partial charge is 0.253 e. The summed E-state index contributed by atoms with van der Waals surface area (Å²) < 4.78 is 7.28. The number of hydrogen-bond acceptors (Lipinski definition) is 7. The molecule has 1 saturated heterocycles. The van der Waals surface area contributed by atoms with Crippen molar-refractivity contribution in [3.8, 4) is 0 Å². The first-order valence-electron chi connectivity index (χ1n) is 10.7. The summed E-state index contributed by atoms with van der Waals surface area (Å²) in [5, 5.41) is 15.1. The number of para-hydroxylation sites is 1. The van der Waals surface area contributed by atoms with Crippen molar-refractivity contribution >= 4 is 35.2 Å². The van der Waals surface area contributed by atoms with Crippen LogP contribution in [-0.4, -0.2) is 64.7 Å². The minimum atomic E-state index is -0.193. The molecule has 2 aliphatic rings. The predicted octanol–water partition coefficient (Wildman–Crippen LogP) is 2.05. The lowest BCUT2D eigenvalue weighted by atomic mass is 10.1. The van der Waals surface area contributed by atoms with E-state index < -0.39 is 0 Å². The maximum absolute atomic E-state index is 12.7. The van der Waals surface area contributed by atoms with Crippen molar-refractivity contribution < 1.29 is 14.3 Å². The van der Waals surface area contributed by atoms with Gasteiger partial charge in [0.15, 0.2) is 5.16 Å². The van der Waals surface area contributed by atoms with Crippen LogP contribution >= 0.6 is 11.8 Å². The quantitative estimate of drug-likeness (QED) is 0.630. The van der Waals surface area contributed by atoms with Crippen LogP contribution in [-0.2, 0) is 16.6 Å². The summed E-state index contributed by atoms with van der Waals surface area (Å²) in [6.07, 6.45) is 4.33. The normalized spacial score (nSPS) is 17.0. The molecule has 2 amide bonds. The fraction of sp³-hybridized carbons (Fsp3) is 0.524. The standard InChI is InChI=1S/C21H28N6O3S/c1-26-20(27-10-12-30-13-11-27)24-25-21(26)31-14-18(28)23-17-9-5-4-8-16(17)19(29)22-15-6-2-3-7-15/h4-5,8-9,15H,2-3,6-7,10-14H2,1H3,(H,22,29)(H,23,28). The van der Waals surface area contributed by atoms with Gasteiger partial charge in [-0.25, -0.2) is 0 Å². The van der Waals surface area contributed by atoms with Crippen LogP contribution in [0.3, 0.4) is 0 Å². The first-order valence-corrected chi connectivity index (χ1v) is 11.6. The number of carbonyl (C=O) groups excluding carboxylic acids is 2. The first-order chi connectivity index (χ1) is 15.1. The largest absolute Gasteiger partial charge is 0.378 e. The zero-order valence-corrected chi connectivity index (χ0v) is 18.5. The maximum Gasteiger partial charge on any atom is 0.253 e. The minimum Gasteiger partial charge on any atom is -0.378 e. The summed E-state index contributed by atoms with van der Waals surface area (Å²) in [5.41, 5.74) is 1.01. The molecule has 0 radical (unpaired) electrons. The van der Waals surface area contributed by atoms with E-state index in [1.807, 2.05) is 17.7 Å². The SMILES string of the molecule is Cn1c(SCC(=O)Nc2ccccc2C(=O)NC2CCCC2)nnc1N1CCOCC1. The number of morpholine rings is 1. The third-order valence-corrected chi connectivity index (χ3v) is 6.59. The van der Waals surface area contributed by atoms with Crippen molar-refractivity contribution in [2.75, 3.05) is 42.3 Å². The molecule has 166 valence electrons. The molecule has 1 saturated carbocycles. The Morgan fingerprint density at radius 2 is 1.90 bits per heavy atom. The monoisotopic (exact) mass is 444 g/mol. The fourth-order valence-corrected chi connectivity index (χ4v) is 4.62. The lowest BCUT2D eigenvalue weighted by Gasteiger charge is -2.27. The van der Waals surface area contributed by atoms with Crippen LogP contribution in [0.15, 0.2) is 29.4 Å². The van der Waals surface area contributed by atoms with Crippen molar-refractivity contribution in [2.24, 2.45) is 7.05 Å². The van der Waals surface area contributed by atoms with E-state index in [9.17, 15) is 9.59 Å². The van der Waals surface area contributed by atoms with E-state index in [4.69, 9.17) is 4.74 Å². The summed E-state index contributed by atoms with van der Waals surface area (Å²) >= 11 is 1.32. The van der Waals surface area contributed by atoms with E-state index in [0.717, 1.165) is 44.7 Å². The summed E-state index contributed by atoms with van der Waals surface area (Å²) in [6, 6.07) is 7.34. The van der Waals surface area contributed by atoms with Gasteiger partial charge in [0.05, 0.1) is 30.2 Å². The molecule has 0 spiro atoms. The molecule has 1 aromatic carbocycles. The van der Waals surface area contributed by atoms with Crippen molar-refractivity contribution in [3.63, 3.8) is 0 Å². The molecular formula is C21H28N6O3S. The number of nitrogens with one attached hydrogen (secondary N) is 2. The summed E-state index contributed by atoms with van der Waals surface area (Å²) in [5.74, 6) is 0.620. The van der Waals surface area contributed by atoms with Gasteiger partial charge in [0, 0.05) is 26.2 Å². The fourth-order valence-electron chi connectivity index (χ4n) is 3.91. The van der Waals surface area contributed by atoms with Gasteiger partial charge in [-0.05, 0) is 25.0 Å². The van der Waals surface area contributed by atoms with Crippen LogP contribution in [0.5, 0.6) is 0 Å². The number of rotatable bonds is 7. The number of ether oxygens (including phenoxy) is 1. The van der Waals surface area contributed by atoms with Gasteiger partial charge in [0.25, 0.3) is 5.91 Å². The second kappa shape index (κ2) is 10.1. The number of amides is 2. The number of hydrogen-bond donors (Lipinski definition) is 2. The molecule has 1 aliphatic heterocycles. The lowest BCUT2D eigenvalue weighted by Crippen LogP contribution is -2.37. The zero-order valence-electron chi connectivity index (χ0n) is 17.7. The second-order valence-electron chi connectivity index (χ2n) is 7.78. The number of thioether (sulfide) groups is 1. The van der Waals surface area contributed by atoms with Gasteiger partial charge < -0.3 is 20.3 Å². The molecule has 0 atom stereocenters. The summed E-state index contributed by atoms with van der Waals surface area (Å²) in [4.78, 5) is 27.4. The Morgan fingerprint density at radius 3 is 2.68 bits per heavy atom. The average molecular weight is 445 g/mol. The van der Waals surface area contributed by atoms with Gasteiger partial charge in [-0.3, -0.25) is 14.2 Å². The average Bonchev–Trinajstić information content (AvgIpc) is 3.43. The van der Waals surface area contributed by atoms with E-state index in [1.54, 1.807) is 18.2 Å². The number of aromatic nitrogens is 3. The molecule has 2 aromatic rings. The Bertz CT molecular complexity index is 922. The summed E-state index contributed by atoms with van der Waals surface area (Å²) in [7, 11) is 1.90. The van der Waals surface area contributed by atoms with Gasteiger partial charge in [-0.1, -0.05) is 36.7 Å². The molecule has 9 nitrogen and oxygen atoms in total. The van der Waals surface area contributed by atoms with Crippen molar-refractivity contribution in [2.45, 2.75) is 36.9 Å². The molecule has 2 N–H and O–H groups in total. The van der Waals surface area contributed by atoms with Gasteiger partial charge in [0.1, 0.15) is 0 Å². The molecule has 4 rings (SSSR count). The van der Waals surface area contributed by atoms with Crippen LogP contribution in [0, 0.1) is 0 Å². The zero-order chi connectivity index (χ0) is 21.6. The predicted molar refractivity (Wildman–Crippen MR) is 120 cm³/mol. The van der Waals surface area contributed by atoms with Crippen molar-refractivity contribution in [1.29, 1.82) is 0 Å². The van der Waals surface area contributed by atoms with Crippen molar-refractivity contribution in [1.82, 2.24) is 20.1 Å².